The Hall–Kier alpha value is -1.29. The normalized spacial score (nSPS) is 10.8. The van der Waals surface area contributed by atoms with Gasteiger partial charge < -0.3 is 15.2 Å². The zero-order valence-electron chi connectivity index (χ0n) is 10.3. The largest absolute Gasteiger partial charge is 0.349 e. The molecule has 2 N–H and O–H groups in total. The minimum Gasteiger partial charge on any atom is -0.349 e. The Morgan fingerprint density at radius 2 is 2.19 bits per heavy atom. The van der Waals surface area contributed by atoms with Crippen LogP contribution in [0.15, 0.2) is 18.3 Å². The molecule has 0 bridgehead atoms. The van der Waals surface area contributed by atoms with E-state index in [1.54, 1.807) is 0 Å². The van der Waals surface area contributed by atoms with E-state index < -0.39 is 0 Å². The first-order valence-electron chi connectivity index (χ1n) is 5.71. The first-order chi connectivity index (χ1) is 7.61. The molecule has 4 heteroatoms. The van der Waals surface area contributed by atoms with Crippen LogP contribution >= 0.6 is 0 Å². The van der Waals surface area contributed by atoms with Crippen molar-refractivity contribution in [3.05, 3.63) is 24.0 Å². The zero-order valence-corrected chi connectivity index (χ0v) is 10.3. The Kier molecular flexibility index (Phi) is 5.05. The van der Waals surface area contributed by atoms with Crippen molar-refractivity contribution in [1.82, 2.24) is 15.2 Å². The fourth-order valence-electron chi connectivity index (χ4n) is 1.44. The quantitative estimate of drug-likeness (QED) is 0.707. The summed E-state index contributed by atoms with van der Waals surface area (Å²) >= 11 is 0. The molecule has 1 aromatic rings. The maximum Gasteiger partial charge on any atom is 0.267 e. The fourth-order valence-corrected chi connectivity index (χ4v) is 1.44. The molecule has 0 fully saturated rings. The van der Waals surface area contributed by atoms with Crippen molar-refractivity contribution >= 4 is 5.91 Å². The minimum absolute atomic E-state index is 0.0150. The smallest absolute Gasteiger partial charge is 0.267 e. The van der Waals surface area contributed by atoms with Gasteiger partial charge in [-0.15, -0.1) is 0 Å². The highest BCUT2D eigenvalue weighted by Gasteiger charge is 2.06. The van der Waals surface area contributed by atoms with E-state index in [-0.39, 0.29) is 5.91 Å². The van der Waals surface area contributed by atoms with Crippen LogP contribution in [0.4, 0.5) is 0 Å². The van der Waals surface area contributed by atoms with Gasteiger partial charge >= 0.3 is 0 Å². The predicted molar refractivity (Wildman–Crippen MR) is 65.5 cm³/mol. The van der Waals surface area contributed by atoms with Crippen LogP contribution in [0.1, 0.15) is 24.3 Å². The number of hydrogen-bond donors (Lipinski definition) is 2. The number of carbonyl (C=O) groups excluding carboxylic acids is 1. The predicted octanol–water partition coefficient (Wildman–Crippen LogP) is 1.00. The lowest BCUT2D eigenvalue weighted by Crippen LogP contribution is -2.33. The molecule has 0 unspecified atom stereocenters. The summed E-state index contributed by atoms with van der Waals surface area (Å²) in [5, 5.41) is 6.16. The first kappa shape index (κ1) is 12.8. The van der Waals surface area contributed by atoms with Gasteiger partial charge in [-0.1, -0.05) is 13.8 Å². The first-order valence-corrected chi connectivity index (χ1v) is 5.71. The van der Waals surface area contributed by atoms with Crippen LogP contribution in [-0.4, -0.2) is 30.1 Å². The van der Waals surface area contributed by atoms with Gasteiger partial charge in [0.1, 0.15) is 5.69 Å². The Labute approximate surface area is 97.0 Å². The van der Waals surface area contributed by atoms with Crippen LogP contribution in [0.3, 0.4) is 0 Å². The Morgan fingerprint density at radius 1 is 1.44 bits per heavy atom. The minimum atomic E-state index is -0.0150. The molecule has 0 aromatic carbocycles. The number of amides is 1. The molecule has 0 aliphatic heterocycles. The second-order valence-corrected chi connectivity index (χ2v) is 4.36. The third-order valence-electron chi connectivity index (χ3n) is 2.32. The average molecular weight is 223 g/mol. The lowest BCUT2D eigenvalue weighted by Gasteiger charge is -2.08. The molecule has 0 atom stereocenters. The van der Waals surface area contributed by atoms with E-state index in [0.29, 0.717) is 18.2 Å². The Bertz CT molecular complexity index is 331. The van der Waals surface area contributed by atoms with Crippen molar-refractivity contribution in [1.29, 1.82) is 0 Å². The number of aryl methyl sites for hydroxylation is 1. The second kappa shape index (κ2) is 6.33. The summed E-state index contributed by atoms with van der Waals surface area (Å²) in [6.07, 6.45) is 1.87. The van der Waals surface area contributed by atoms with Crippen LogP contribution in [0, 0.1) is 5.92 Å². The van der Waals surface area contributed by atoms with E-state index >= 15 is 0 Å². The molecule has 0 aliphatic rings. The Morgan fingerprint density at radius 3 is 2.75 bits per heavy atom. The summed E-state index contributed by atoms with van der Waals surface area (Å²) in [6, 6.07) is 3.68. The molecule has 0 radical (unpaired) electrons. The highest BCUT2D eigenvalue weighted by molar-refractivity contribution is 5.92. The molecule has 1 rings (SSSR count). The van der Waals surface area contributed by atoms with Crippen molar-refractivity contribution in [3.63, 3.8) is 0 Å². The lowest BCUT2D eigenvalue weighted by molar-refractivity contribution is 0.0946. The number of aromatic nitrogens is 1. The van der Waals surface area contributed by atoms with Crippen LogP contribution in [0.5, 0.6) is 0 Å². The molecule has 0 saturated carbocycles. The number of nitrogens with zero attached hydrogens (tertiary/aromatic N) is 1. The van der Waals surface area contributed by atoms with Gasteiger partial charge in [-0.25, -0.2) is 0 Å². The number of carbonyl (C=O) groups is 1. The molecule has 90 valence electrons. The molecular weight excluding hydrogens is 202 g/mol. The van der Waals surface area contributed by atoms with E-state index in [1.165, 1.54) is 0 Å². The molecule has 0 spiro atoms. The highest BCUT2D eigenvalue weighted by Crippen LogP contribution is 1.98. The van der Waals surface area contributed by atoms with Crippen molar-refractivity contribution in [2.24, 2.45) is 13.0 Å². The van der Waals surface area contributed by atoms with Gasteiger partial charge in [-0.05, 0) is 24.6 Å². The van der Waals surface area contributed by atoms with Gasteiger partial charge in [0.2, 0.25) is 0 Å². The van der Waals surface area contributed by atoms with E-state index in [1.807, 2.05) is 29.9 Å². The molecule has 4 nitrogen and oxygen atoms in total. The van der Waals surface area contributed by atoms with Gasteiger partial charge in [0.15, 0.2) is 0 Å². The summed E-state index contributed by atoms with van der Waals surface area (Å²) < 4.78 is 1.82. The topological polar surface area (TPSA) is 46.1 Å². The average Bonchev–Trinajstić information content (AvgIpc) is 2.63. The van der Waals surface area contributed by atoms with Crippen molar-refractivity contribution in [2.45, 2.75) is 13.8 Å². The standard InChI is InChI=1S/C12H21N3O/c1-10(2)9-13-6-7-14-12(16)11-5-4-8-15(11)3/h4-5,8,10,13H,6-7,9H2,1-3H3,(H,14,16). The van der Waals surface area contributed by atoms with Gasteiger partial charge in [0.25, 0.3) is 5.91 Å². The summed E-state index contributed by atoms with van der Waals surface area (Å²) in [4.78, 5) is 11.7. The summed E-state index contributed by atoms with van der Waals surface area (Å²) in [7, 11) is 1.87. The van der Waals surface area contributed by atoms with E-state index in [2.05, 4.69) is 24.5 Å². The van der Waals surface area contributed by atoms with Crippen molar-refractivity contribution in [3.8, 4) is 0 Å². The van der Waals surface area contributed by atoms with Crippen LogP contribution in [0.2, 0.25) is 0 Å². The molecule has 16 heavy (non-hydrogen) atoms. The maximum atomic E-state index is 11.7. The molecule has 1 heterocycles. The SMILES string of the molecule is CC(C)CNCCNC(=O)c1cccn1C. The van der Waals surface area contributed by atoms with Gasteiger partial charge in [-0.3, -0.25) is 4.79 Å². The molecule has 1 aromatic heterocycles. The number of nitrogens with one attached hydrogen (secondary N) is 2. The van der Waals surface area contributed by atoms with Gasteiger partial charge in [-0.2, -0.15) is 0 Å². The third-order valence-corrected chi connectivity index (χ3v) is 2.32. The summed E-state index contributed by atoms with van der Waals surface area (Å²) in [5.41, 5.74) is 0.698. The molecule has 0 saturated heterocycles. The highest BCUT2D eigenvalue weighted by atomic mass is 16.1. The van der Waals surface area contributed by atoms with Crippen LogP contribution < -0.4 is 10.6 Å². The number of hydrogen-bond acceptors (Lipinski definition) is 2. The Balaban J connectivity index is 2.19. The second-order valence-electron chi connectivity index (χ2n) is 4.36. The van der Waals surface area contributed by atoms with Crippen molar-refractivity contribution < 1.29 is 4.79 Å². The monoisotopic (exact) mass is 223 g/mol. The summed E-state index contributed by atoms with van der Waals surface area (Å²) in [5.74, 6) is 0.627. The van der Waals surface area contributed by atoms with E-state index in [0.717, 1.165) is 13.1 Å². The van der Waals surface area contributed by atoms with Crippen LogP contribution in [0.25, 0.3) is 0 Å². The fraction of sp³-hybridized carbons (Fsp3) is 0.583. The van der Waals surface area contributed by atoms with E-state index in [9.17, 15) is 4.79 Å². The zero-order chi connectivity index (χ0) is 12.0. The van der Waals surface area contributed by atoms with Gasteiger partial charge in [0.05, 0.1) is 0 Å². The van der Waals surface area contributed by atoms with Gasteiger partial charge in [0, 0.05) is 26.3 Å². The molecule has 0 aliphatic carbocycles. The summed E-state index contributed by atoms with van der Waals surface area (Å²) in [6.45, 7) is 6.79. The van der Waals surface area contributed by atoms with E-state index in [4.69, 9.17) is 0 Å². The molecule has 1 amide bonds. The lowest BCUT2D eigenvalue weighted by atomic mass is 10.2. The number of rotatable bonds is 6. The maximum absolute atomic E-state index is 11.7. The third kappa shape index (κ3) is 4.06. The van der Waals surface area contributed by atoms with Crippen LogP contribution in [-0.2, 0) is 7.05 Å². The molecular formula is C12H21N3O. The van der Waals surface area contributed by atoms with Crippen molar-refractivity contribution in [2.75, 3.05) is 19.6 Å².